The molecule has 2 rings (SSSR count). The molecule has 0 unspecified atom stereocenters. The smallest absolute Gasteiger partial charge is 0.251 e. The van der Waals surface area contributed by atoms with Crippen LogP contribution in [-0.4, -0.2) is 18.0 Å². The summed E-state index contributed by atoms with van der Waals surface area (Å²) in [6, 6.07) is 6.18. The van der Waals surface area contributed by atoms with Crippen LogP contribution in [0.4, 0.5) is 11.4 Å². The number of amides is 1. The Morgan fingerprint density at radius 3 is 2.78 bits per heavy atom. The minimum atomic E-state index is -0.0284. The molecule has 4 heteroatoms. The van der Waals surface area contributed by atoms with Crippen molar-refractivity contribution in [1.29, 1.82) is 0 Å². The molecule has 18 heavy (non-hydrogen) atoms. The predicted octanol–water partition coefficient (Wildman–Crippen LogP) is 2.37. The molecule has 1 atom stereocenters. The summed E-state index contributed by atoms with van der Waals surface area (Å²) in [5.74, 6) is -0.0284. The monoisotopic (exact) mass is 247 g/mol. The van der Waals surface area contributed by atoms with Gasteiger partial charge in [0.2, 0.25) is 0 Å². The number of carbonyl (C=O) groups excluding carboxylic acids is 1. The van der Waals surface area contributed by atoms with E-state index in [1.807, 2.05) is 12.1 Å². The van der Waals surface area contributed by atoms with E-state index in [-0.39, 0.29) is 5.91 Å². The molecule has 0 bridgehead atoms. The van der Waals surface area contributed by atoms with Gasteiger partial charge < -0.3 is 16.4 Å². The largest absolute Gasteiger partial charge is 0.397 e. The van der Waals surface area contributed by atoms with Gasteiger partial charge in [-0.25, -0.2) is 0 Å². The van der Waals surface area contributed by atoms with E-state index >= 15 is 0 Å². The maximum Gasteiger partial charge on any atom is 0.251 e. The van der Waals surface area contributed by atoms with Crippen LogP contribution >= 0.6 is 0 Å². The van der Waals surface area contributed by atoms with Crippen LogP contribution in [0, 0.1) is 0 Å². The summed E-state index contributed by atoms with van der Waals surface area (Å²) in [5.41, 5.74) is 8.12. The van der Waals surface area contributed by atoms with Gasteiger partial charge in [0.1, 0.15) is 0 Å². The third-order valence-corrected chi connectivity index (χ3v) is 3.24. The number of carbonyl (C=O) groups is 1. The number of benzene rings is 1. The minimum absolute atomic E-state index is 0.0284. The van der Waals surface area contributed by atoms with Crippen LogP contribution in [0.1, 0.15) is 43.5 Å². The van der Waals surface area contributed by atoms with Crippen LogP contribution < -0.4 is 16.4 Å². The summed E-state index contributed by atoms with van der Waals surface area (Å²) < 4.78 is 0. The highest BCUT2D eigenvalue weighted by molar-refractivity contribution is 5.96. The molecule has 1 aliphatic rings. The van der Waals surface area contributed by atoms with Crippen LogP contribution in [0.15, 0.2) is 18.2 Å². The molecule has 0 heterocycles. The van der Waals surface area contributed by atoms with Crippen molar-refractivity contribution in [3.05, 3.63) is 23.8 Å². The zero-order valence-electron chi connectivity index (χ0n) is 11.0. The summed E-state index contributed by atoms with van der Waals surface area (Å²) in [4.78, 5) is 11.8. The first-order valence-electron chi connectivity index (χ1n) is 6.57. The lowest BCUT2D eigenvalue weighted by atomic mass is 10.1. The van der Waals surface area contributed by atoms with Gasteiger partial charge in [-0.1, -0.05) is 6.92 Å². The van der Waals surface area contributed by atoms with Crippen molar-refractivity contribution in [1.82, 2.24) is 5.32 Å². The maximum absolute atomic E-state index is 11.8. The highest BCUT2D eigenvalue weighted by Crippen LogP contribution is 2.23. The van der Waals surface area contributed by atoms with Crippen molar-refractivity contribution < 1.29 is 4.79 Å². The molecule has 0 aliphatic heterocycles. The minimum Gasteiger partial charge on any atom is -0.397 e. The fraction of sp³-hybridized carbons (Fsp3) is 0.500. The molecule has 4 nitrogen and oxygen atoms in total. The SMILES string of the molecule is CC[C@@H](C)Nc1ccc(C(=O)NC2CC2)cc1N. The van der Waals surface area contributed by atoms with Crippen LogP contribution in [0.25, 0.3) is 0 Å². The van der Waals surface area contributed by atoms with Gasteiger partial charge in [0.25, 0.3) is 5.91 Å². The summed E-state index contributed by atoms with van der Waals surface area (Å²) in [6.45, 7) is 4.22. The Labute approximate surface area is 108 Å². The first kappa shape index (κ1) is 12.7. The summed E-state index contributed by atoms with van der Waals surface area (Å²) in [6.07, 6.45) is 3.22. The number of nitrogens with two attached hydrogens (primary N) is 1. The number of nitrogen functional groups attached to an aromatic ring is 1. The van der Waals surface area contributed by atoms with Crippen molar-refractivity contribution in [3.8, 4) is 0 Å². The van der Waals surface area contributed by atoms with Gasteiger partial charge in [0, 0.05) is 17.6 Å². The van der Waals surface area contributed by atoms with E-state index in [9.17, 15) is 4.79 Å². The molecule has 4 N–H and O–H groups in total. The molecule has 0 radical (unpaired) electrons. The van der Waals surface area contributed by atoms with E-state index < -0.39 is 0 Å². The van der Waals surface area contributed by atoms with Gasteiger partial charge in [0.15, 0.2) is 0 Å². The second kappa shape index (κ2) is 5.29. The van der Waals surface area contributed by atoms with Gasteiger partial charge in [0.05, 0.1) is 11.4 Å². The summed E-state index contributed by atoms with van der Waals surface area (Å²) in [5, 5.41) is 6.28. The van der Waals surface area contributed by atoms with E-state index in [0.29, 0.717) is 23.3 Å². The Balaban J connectivity index is 2.05. The number of anilines is 2. The third-order valence-electron chi connectivity index (χ3n) is 3.24. The lowest BCUT2D eigenvalue weighted by molar-refractivity contribution is 0.0951. The normalized spacial score (nSPS) is 16.1. The van der Waals surface area contributed by atoms with Crippen molar-refractivity contribution in [2.75, 3.05) is 11.1 Å². The third kappa shape index (κ3) is 3.15. The zero-order valence-corrected chi connectivity index (χ0v) is 11.0. The van der Waals surface area contributed by atoms with E-state index in [2.05, 4.69) is 24.5 Å². The Morgan fingerprint density at radius 2 is 2.22 bits per heavy atom. The molecule has 1 aromatic carbocycles. The molecular formula is C14H21N3O. The van der Waals surface area contributed by atoms with Gasteiger partial charge in [-0.15, -0.1) is 0 Å². The molecule has 98 valence electrons. The Morgan fingerprint density at radius 1 is 1.50 bits per heavy atom. The number of nitrogens with one attached hydrogen (secondary N) is 2. The maximum atomic E-state index is 11.8. The fourth-order valence-electron chi connectivity index (χ4n) is 1.70. The van der Waals surface area contributed by atoms with Crippen molar-refractivity contribution in [3.63, 3.8) is 0 Å². The van der Waals surface area contributed by atoms with E-state index in [1.165, 1.54) is 0 Å². The summed E-state index contributed by atoms with van der Waals surface area (Å²) >= 11 is 0. The molecule has 1 aliphatic carbocycles. The number of rotatable bonds is 5. The molecule has 1 saturated carbocycles. The highest BCUT2D eigenvalue weighted by Gasteiger charge is 2.23. The molecule has 1 fully saturated rings. The van der Waals surface area contributed by atoms with Gasteiger partial charge in [-0.3, -0.25) is 4.79 Å². The van der Waals surface area contributed by atoms with Crippen molar-refractivity contribution in [2.24, 2.45) is 0 Å². The lowest BCUT2D eigenvalue weighted by Gasteiger charge is -2.15. The Bertz CT molecular complexity index is 441. The number of hydrogen-bond donors (Lipinski definition) is 3. The van der Waals surface area contributed by atoms with E-state index in [0.717, 1.165) is 24.9 Å². The van der Waals surface area contributed by atoms with Gasteiger partial charge >= 0.3 is 0 Å². The highest BCUT2D eigenvalue weighted by atomic mass is 16.1. The van der Waals surface area contributed by atoms with Crippen LogP contribution in [0.3, 0.4) is 0 Å². The zero-order chi connectivity index (χ0) is 13.1. The quantitative estimate of drug-likeness (QED) is 0.700. The Kier molecular flexibility index (Phi) is 3.75. The van der Waals surface area contributed by atoms with Gasteiger partial charge in [-0.2, -0.15) is 0 Å². The average Bonchev–Trinajstić information content (AvgIpc) is 3.15. The average molecular weight is 247 g/mol. The van der Waals surface area contributed by atoms with Crippen LogP contribution in [-0.2, 0) is 0 Å². The van der Waals surface area contributed by atoms with Crippen LogP contribution in [0.2, 0.25) is 0 Å². The first-order chi connectivity index (χ1) is 8.60. The van der Waals surface area contributed by atoms with E-state index in [1.54, 1.807) is 6.07 Å². The Hall–Kier alpha value is -1.71. The fourth-order valence-corrected chi connectivity index (χ4v) is 1.70. The molecule has 1 amide bonds. The molecule has 0 spiro atoms. The first-order valence-corrected chi connectivity index (χ1v) is 6.57. The molecule has 0 saturated heterocycles. The van der Waals surface area contributed by atoms with E-state index in [4.69, 9.17) is 5.73 Å². The predicted molar refractivity (Wildman–Crippen MR) is 74.7 cm³/mol. The molecular weight excluding hydrogens is 226 g/mol. The molecule has 1 aromatic rings. The summed E-state index contributed by atoms with van der Waals surface area (Å²) in [7, 11) is 0. The number of hydrogen-bond acceptors (Lipinski definition) is 3. The van der Waals surface area contributed by atoms with Crippen molar-refractivity contribution >= 4 is 17.3 Å². The topological polar surface area (TPSA) is 67.2 Å². The molecule has 0 aromatic heterocycles. The second-order valence-electron chi connectivity index (χ2n) is 5.00. The lowest BCUT2D eigenvalue weighted by Crippen LogP contribution is -2.25. The van der Waals surface area contributed by atoms with Crippen molar-refractivity contribution in [2.45, 2.75) is 45.2 Å². The second-order valence-corrected chi connectivity index (χ2v) is 5.00. The van der Waals surface area contributed by atoms with Crippen LogP contribution in [0.5, 0.6) is 0 Å². The van der Waals surface area contributed by atoms with Gasteiger partial charge in [-0.05, 0) is 44.4 Å². The standard InChI is InChI=1S/C14H21N3O/c1-3-9(2)16-13-7-4-10(8-12(13)15)14(18)17-11-5-6-11/h4,7-9,11,16H,3,5-6,15H2,1-2H3,(H,17,18)/t9-/m1/s1.